The Kier molecular flexibility index (Phi) is 6.45. The fourth-order valence-corrected chi connectivity index (χ4v) is 3.63. The Labute approximate surface area is 187 Å². The molecule has 0 saturated carbocycles. The molecule has 10 nitrogen and oxygen atoms in total. The van der Waals surface area contributed by atoms with Gasteiger partial charge in [0.05, 0.1) is 44.7 Å². The lowest BCUT2D eigenvalue weighted by Crippen LogP contribution is -2.25. The van der Waals surface area contributed by atoms with Crippen molar-refractivity contribution >= 4 is 28.7 Å². The van der Waals surface area contributed by atoms with Crippen molar-refractivity contribution < 1.29 is 23.4 Å². The van der Waals surface area contributed by atoms with Crippen molar-refractivity contribution in [2.24, 2.45) is 0 Å². The van der Waals surface area contributed by atoms with Gasteiger partial charge < -0.3 is 28.9 Å². The van der Waals surface area contributed by atoms with Crippen LogP contribution in [0, 0.1) is 0 Å². The molecule has 0 fully saturated rings. The van der Waals surface area contributed by atoms with Gasteiger partial charge in [-0.1, -0.05) is 23.9 Å². The summed E-state index contributed by atoms with van der Waals surface area (Å²) in [6.07, 6.45) is 0. The number of carbonyl (C=O) groups excluding carboxylic acids is 1. The minimum Gasteiger partial charge on any atom is -0.493 e. The maximum Gasteiger partial charge on any atom is 0.277 e. The molecule has 2 aromatic carbocycles. The molecule has 0 unspecified atom stereocenters. The largest absolute Gasteiger partial charge is 0.493 e. The summed E-state index contributed by atoms with van der Waals surface area (Å²) in [5.41, 5.74) is 2.39. The minimum atomic E-state index is -0.178. The number of para-hydroxylation sites is 2. The van der Waals surface area contributed by atoms with Gasteiger partial charge in [0.15, 0.2) is 11.5 Å². The van der Waals surface area contributed by atoms with E-state index in [4.69, 9.17) is 18.6 Å². The van der Waals surface area contributed by atoms with Crippen LogP contribution in [0.1, 0.15) is 5.82 Å². The number of carbonyl (C=O) groups is 1. The van der Waals surface area contributed by atoms with Gasteiger partial charge in [0, 0.05) is 5.56 Å². The normalized spacial score (nSPS) is 10.8. The molecule has 0 radical (unpaired) electrons. The van der Waals surface area contributed by atoms with Gasteiger partial charge >= 0.3 is 0 Å². The predicted molar refractivity (Wildman–Crippen MR) is 118 cm³/mol. The molecule has 0 saturated heterocycles. The number of methoxy groups -OCH3 is 3. The van der Waals surface area contributed by atoms with Crippen molar-refractivity contribution in [2.75, 3.05) is 27.1 Å². The molecule has 4 aromatic rings. The third-order valence-electron chi connectivity index (χ3n) is 4.54. The second-order valence-electron chi connectivity index (χ2n) is 6.55. The number of fused-ring (bicyclic) bond motifs is 1. The Morgan fingerprint density at radius 2 is 1.84 bits per heavy atom. The summed E-state index contributed by atoms with van der Waals surface area (Å²) in [6.45, 7) is 0.300. The third-order valence-corrected chi connectivity index (χ3v) is 5.35. The highest BCUT2D eigenvalue weighted by molar-refractivity contribution is 7.99. The monoisotopic (exact) mass is 455 g/mol. The first-order chi connectivity index (χ1) is 15.6. The molecule has 0 bridgehead atoms. The first-order valence-corrected chi connectivity index (χ1v) is 10.6. The standard InChI is InChI=1S/C21H21N5O5S/c1-28-15-8-12(9-16(29-2)19(15)30-3)20-25-26-21(31-20)32-11-18(27)22-10-17-23-13-6-4-5-7-14(13)24-17/h4-9H,10-11H2,1-3H3,(H,22,27)(H,23,24). The van der Waals surface area contributed by atoms with Crippen molar-refractivity contribution in [3.63, 3.8) is 0 Å². The quantitative estimate of drug-likeness (QED) is 0.366. The van der Waals surface area contributed by atoms with Crippen LogP contribution in [0.2, 0.25) is 0 Å². The average Bonchev–Trinajstić information content (AvgIpc) is 3.47. The molecule has 2 heterocycles. The Balaban J connectivity index is 1.36. The van der Waals surface area contributed by atoms with Gasteiger partial charge in [-0.25, -0.2) is 4.98 Å². The lowest BCUT2D eigenvalue weighted by Gasteiger charge is -2.12. The highest BCUT2D eigenvalue weighted by Crippen LogP contribution is 2.41. The van der Waals surface area contributed by atoms with Crippen molar-refractivity contribution in [1.29, 1.82) is 0 Å². The molecular formula is C21H21N5O5S. The number of hydrogen-bond donors (Lipinski definition) is 2. The van der Waals surface area contributed by atoms with Crippen LogP contribution in [0.5, 0.6) is 17.2 Å². The highest BCUT2D eigenvalue weighted by Gasteiger charge is 2.18. The molecule has 0 aliphatic carbocycles. The fourth-order valence-electron chi connectivity index (χ4n) is 3.04. The number of imidazole rings is 1. The first kappa shape index (κ1) is 21.5. The van der Waals surface area contributed by atoms with Crippen molar-refractivity contribution in [1.82, 2.24) is 25.5 Å². The van der Waals surface area contributed by atoms with Crippen LogP contribution >= 0.6 is 11.8 Å². The Morgan fingerprint density at radius 3 is 2.53 bits per heavy atom. The van der Waals surface area contributed by atoms with E-state index in [1.165, 1.54) is 21.3 Å². The molecule has 2 N–H and O–H groups in total. The molecule has 166 valence electrons. The molecule has 0 atom stereocenters. The van der Waals surface area contributed by atoms with Gasteiger partial charge in [-0.15, -0.1) is 10.2 Å². The lowest BCUT2D eigenvalue weighted by atomic mass is 10.2. The van der Waals surface area contributed by atoms with Crippen LogP contribution < -0.4 is 19.5 Å². The second-order valence-corrected chi connectivity index (χ2v) is 7.48. The summed E-state index contributed by atoms with van der Waals surface area (Å²) in [5.74, 6) is 2.31. The van der Waals surface area contributed by atoms with Gasteiger partial charge in [-0.2, -0.15) is 0 Å². The highest BCUT2D eigenvalue weighted by atomic mass is 32.2. The molecule has 2 aromatic heterocycles. The zero-order chi connectivity index (χ0) is 22.5. The molecule has 1 amide bonds. The van der Waals surface area contributed by atoms with Gasteiger partial charge in [-0.05, 0) is 24.3 Å². The zero-order valence-electron chi connectivity index (χ0n) is 17.7. The van der Waals surface area contributed by atoms with Gasteiger partial charge in [0.25, 0.3) is 5.22 Å². The maximum atomic E-state index is 12.2. The SMILES string of the molecule is COc1cc(-c2nnc(SCC(=O)NCc3nc4ccccc4[nH]3)o2)cc(OC)c1OC. The number of rotatable bonds is 9. The van der Waals surface area contributed by atoms with Crippen molar-refractivity contribution in [2.45, 2.75) is 11.8 Å². The molecule has 4 rings (SSSR count). The Bertz CT molecular complexity index is 1180. The molecular weight excluding hydrogens is 434 g/mol. The van der Waals surface area contributed by atoms with Crippen LogP contribution in [0.25, 0.3) is 22.5 Å². The Morgan fingerprint density at radius 1 is 1.09 bits per heavy atom. The van der Waals surface area contributed by atoms with Crippen molar-refractivity contribution in [3.8, 4) is 28.7 Å². The lowest BCUT2D eigenvalue weighted by molar-refractivity contribution is -0.118. The number of aromatic amines is 1. The van der Waals surface area contributed by atoms with Crippen LogP contribution in [-0.4, -0.2) is 53.2 Å². The summed E-state index contributed by atoms with van der Waals surface area (Å²) in [6, 6.07) is 11.1. The van der Waals surface area contributed by atoms with E-state index in [1.54, 1.807) is 12.1 Å². The van der Waals surface area contributed by atoms with E-state index in [0.29, 0.717) is 35.2 Å². The predicted octanol–water partition coefficient (Wildman–Crippen LogP) is 3.05. The fraction of sp³-hybridized carbons (Fsp3) is 0.238. The van der Waals surface area contributed by atoms with E-state index in [0.717, 1.165) is 22.8 Å². The van der Waals surface area contributed by atoms with Gasteiger partial charge in [0.2, 0.25) is 17.5 Å². The smallest absolute Gasteiger partial charge is 0.277 e. The van der Waals surface area contributed by atoms with Gasteiger partial charge in [0.1, 0.15) is 5.82 Å². The number of benzene rings is 2. The Hall–Kier alpha value is -3.73. The summed E-state index contributed by atoms with van der Waals surface area (Å²) < 4.78 is 21.7. The topological polar surface area (TPSA) is 124 Å². The number of ether oxygens (including phenoxy) is 3. The number of aromatic nitrogens is 4. The number of amides is 1. The maximum absolute atomic E-state index is 12.2. The van der Waals surface area contributed by atoms with E-state index in [1.807, 2.05) is 24.3 Å². The van der Waals surface area contributed by atoms with E-state index >= 15 is 0 Å². The van der Waals surface area contributed by atoms with Crippen LogP contribution in [-0.2, 0) is 11.3 Å². The first-order valence-electron chi connectivity index (χ1n) is 9.58. The summed E-state index contributed by atoms with van der Waals surface area (Å²) >= 11 is 1.14. The van der Waals surface area contributed by atoms with E-state index in [9.17, 15) is 4.79 Å². The molecule has 11 heteroatoms. The van der Waals surface area contributed by atoms with Crippen LogP contribution in [0.15, 0.2) is 46.0 Å². The van der Waals surface area contributed by atoms with Crippen molar-refractivity contribution in [3.05, 3.63) is 42.2 Å². The number of H-pyrrole nitrogens is 1. The molecule has 32 heavy (non-hydrogen) atoms. The number of thioether (sulfide) groups is 1. The minimum absolute atomic E-state index is 0.122. The zero-order valence-corrected chi connectivity index (χ0v) is 18.5. The summed E-state index contributed by atoms with van der Waals surface area (Å²) in [5, 5.41) is 11.1. The number of nitrogens with zero attached hydrogens (tertiary/aromatic N) is 3. The summed E-state index contributed by atoms with van der Waals surface area (Å²) in [7, 11) is 4.58. The van der Waals surface area contributed by atoms with E-state index in [2.05, 4.69) is 25.5 Å². The second kappa shape index (κ2) is 9.60. The average molecular weight is 455 g/mol. The summed E-state index contributed by atoms with van der Waals surface area (Å²) in [4.78, 5) is 19.8. The molecule has 0 spiro atoms. The van der Waals surface area contributed by atoms with Crippen LogP contribution in [0.3, 0.4) is 0 Å². The molecule has 0 aliphatic rings. The van der Waals surface area contributed by atoms with Gasteiger partial charge in [-0.3, -0.25) is 4.79 Å². The molecule has 0 aliphatic heterocycles. The van der Waals surface area contributed by atoms with Crippen LogP contribution in [0.4, 0.5) is 0 Å². The number of nitrogens with one attached hydrogen (secondary N) is 2. The van der Waals surface area contributed by atoms with E-state index in [-0.39, 0.29) is 22.8 Å². The van der Waals surface area contributed by atoms with E-state index < -0.39 is 0 Å². The number of hydrogen-bond acceptors (Lipinski definition) is 9. The third kappa shape index (κ3) is 4.62.